The van der Waals surface area contributed by atoms with Crippen LogP contribution in [0.25, 0.3) is 16.9 Å². The Morgan fingerprint density at radius 3 is 2.27 bits per heavy atom. The minimum Gasteiger partial charge on any atom is -0.266 e. The Labute approximate surface area is 178 Å². The molecule has 0 unspecified atom stereocenters. The van der Waals surface area contributed by atoms with Crippen LogP contribution < -0.4 is 10.9 Å². The van der Waals surface area contributed by atoms with Gasteiger partial charge < -0.3 is 0 Å². The lowest BCUT2D eigenvalue weighted by Gasteiger charge is -2.10. The number of carbonyl (C=O) groups excluding carboxylic acids is 1. The number of hydrogen-bond acceptors (Lipinski definition) is 5. The molecule has 7 nitrogen and oxygen atoms in total. The van der Waals surface area contributed by atoms with E-state index in [9.17, 15) is 4.79 Å². The third-order valence-corrected chi connectivity index (χ3v) is 4.60. The maximum atomic E-state index is 13.0. The molecule has 0 aliphatic heterocycles. The van der Waals surface area contributed by atoms with Crippen molar-refractivity contribution in [2.75, 3.05) is 5.43 Å². The van der Waals surface area contributed by atoms with Crippen LogP contribution in [0.2, 0.25) is 5.02 Å². The number of anilines is 1. The van der Waals surface area contributed by atoms with Gasteiger partial charge in [-0.15, -0.1) is 0 Å². The quantitative estimate of drug-likeness (QED) is 0.470. The molecule has 2 aromatic carbocycles. The van der Waals surface area contributed by atoms with Crippen molar-refractivity contribution in [3.63, 3.8) is 0 Å². The first kappa shape index (κ1) is 19.6. The molecule has 4 aromatic rings. The maximum Gasteiger partial charge on any atom is 0.288 e. The van der Waals surface area contributed by atoms with Crippen molar-refractivity contribution in [3.05, 3.63) is 88.8 Å². The van der Waals surface area contributed by atoms with Gasteiger partial charge in [0.05, 0.1) is 11.4 Å². The maximum absolute atomic E-state index is 13.0. The number of nitrogens with one attached hydrogen (secondary N) is 2. The van der Waals surface area contributed by atoms with Crippen molar-refractivity contribution >= 4 is 23.5 Å². The zero-order chi connectivity index (χ0) is 21.1. The lowest BCUT2D eigenvalue weighted by molar-refractivity contribution is 0.0954. The number of para-hydroxylation sites is 1. The molecule has 2 heterocycles. The van der Waals surface area contributed by atoms with Gasteiger partial charge in [-0.25, -0.2) is 14.6 Å². The standard InChI is InChI=1S/C22H19ClN6O/c1-14-12-15(2)25-22(24-14)27-26-21(30)20-13-19(16-8-10-17(23)11-9-16)28-29(20)18-6-4-3-5-7-18/h3-13H,1-2H3,(H,26,30)(H,24,25,27). The predicted molar refractivity (Wildman–Crippen MR) is 117 cm³/mol. The van der Waals surface area contributed by atoms with Crippen LogP contribution >= 0.6 is 11.6 Å². The summed E-state index contributed by atoms with van der Waals surface area (Å²) in [5.41, 5.74) is 9.69. The van der Waals surface area contributed by atoms with Crippen LogP contribution in [0.4, 0.5) is 5.95 Å². The molecule has 0 radical (unpaired) electrons. The smallest absolute Gasteiger partial charge is 0.266 e. The number of hydrogen-bond donors (Lipinski definition) is 2. The second kappa shape index (κ2) is 8.34. The van der Waals surface area contributed by atoms with Crippen molar-refractivity contribution in [2.24, 2.45) is 0 Å². The van der Waals surface area contributed by atoms with Crippen LogP contribution in [0.15, 0.2) is 66.7 Å². The number of aromatic nitrogens is 4. The van der Waals surface area contributed by atoms with Crippen molar-refractivity contribution in [1.29, 1.82) is 0 Å². The zero-order valence-corrected chi connectivity index (χ0v) is 17.2. The number of benzene rings is 2. The minimum absolute atomic E-state index is 0.324. The number of aryl methyl sites for hydroxylation is 2. The minimum atomic E-state index is -0.366. The van der Waals surface area contributed by atoms with E-state index in [1.165, 1.54) is 0 Å². The molecule has 150 valence electrons. The summed E-state index contributed by atoms with van der Waals surface area (Å²) in [6.45, 7) is 3.73. The predicted octanol–water partition coefficient (Wildman–Crippen LogP) is 4.36. The molecule has 8 heteroatoms. The summed E-state index contributed by atoms with van der Waals surface area (Å²) in [5.74, 6) is -0.0427. The first-order valence-corrected chi connectivity index (χ1v) is 9.67. The number of carbonyl (C=O) groups is 1. The molecule has 4 rings (SSSR count). The van der Waals surface area contributed by atoms with Gasteiger partial charge >= 0.3 is 0 Å². The fourth-order valence-corrected chi connectivity index (χ4v) is 3.16. The lowest BCUT2D eigenvalue weighted by atomic mass is 10.1. The highest BCUT2D eigenvalue weighted by atomic mass is 35.5. The van der Waals surface area contributed by atoms with Gasteiger partial charge in [0.2, 0.25) is 5.95 Å². The Hall–Kier alpha value is -3.71. The highest BCUT2D eigenvalue weighted by Crippen LogP contribution is 2.23. The van der Waals surface area contributed by atoms with Gasteiger partial charge in [0.25, 0.3) is 5.91 Å². The van der Waals surface area contributed by atoms with Gasteiger partial charge in [-0.1, -0.05) is 41.9 Å². The number of amides is 1. The first-order valence-electron chi connectivity index (χ1n) is 9.30. The van der Waals surface area contributed by atoms with E-state index >= 15 is 0 Å². The molecule has 0 bridgehead atoms. The third-order valence-electron chi connectivity index (χ3n) is 4.35. The average Bonchev–Trinajstić information content (AvgIpc) is 3.18. The summed E-state index contributed by atoms with van der Waals surface area (Å²) in [7, 11) is 0. The highest BCUT2D eigenvalue weighted by Gasteiger charge is 2.18. The van der Waals surface area contributed by atoms with Gasteiger partial charge in [0.1, 0.15) is 5.69 Å². The van der Waals surface area contributed by atoms with Gasteiger partial charge in [-0.2, -0.15) is 5.10 Å². The molecular formula is C22H19ClN6O. The Kier molecular flexibility index (Phi) is 5.45. The molecule has 0 aliphatic carbocycles. The normalized spacial score (nSPS) is 10.6. The summed E-state index contributed by atoms with van der Waals surface area (Å²) in [4.78, 5) is 21.5. The highest BCUT2D eigenvalue weighted by molar-refractivity contribution is 6.30. The second-order valence-electron chi connectivity index (χ2n) is 6.72. The van der Waals surface area contributed by atoms with E-state index in [1.54, 1.807) is 22.9 Å². The average molecular weight is 419 g/mol. The number of hydrazine groups is 1. The second-order valence-corrected chi connectivity index (χ2v) is 7.16. The first-order chi connectivity index (χ1) is 14.5. The number of rotatable bonds is 5. The summed E-state index contributed by atoms with van der Waals surface area (Å²) in [6, 6.07) is 20.4. The van der Waals surface area contributed by atoms with Gasteiger partial charge in [-0.05, 0) is 50.2 Å². The fourth-order valence-electron chi connectivity index (χ4n) is 3.03. The van der Waals surface area contributed by atoms with Crippen molar-refractivity contribution < 1.29 is 4.79 Å². The fraction of sp³-hybridized carbons (Fsp3) is 0.0909. The van der Waals surface area contributed by atoms with Crippen LogP contribution in [-0.4, -0.2) is 25.7 Å². The summed E-state index contributed by atoms with van der Waals surface area (Å²) >= 11 is 5.99. The largest absolute Gasteiger partial charge is 0.288 e. The van der Waals surface area contributed by atoms with E-state index in [0.717, 1.165) is 22.6 Å². The van der Waals surface area contributed by atoms with Crippen LogP contribution in [-0.2, 0) is 0 Å². The van der Waals surface area contributed by atoms with Crippen molar-refractivity contribution in [3.8, 4) is 16.9 Å². The molecular weight excluding hydrogens is 400 g/mol. The molecule has 2 aromatic heterocycles. The number of halogens is 1. The van der Waals surface area contributed by atoms with Crippen molar-refractivity contribution in [1.82, 2.24) is 25.2 Å². The van der Waals surface area contributed by atoms with E-state index in [4.69, 9.17) is 11.6 Å². The lowest BCUT2D eigenvalue weighted by Crippen LogP contribution is -2.32. The van der Waals surface area contributed by atoms with Crippen LogP contribution in [0.5, 0.6) is 0 Å². The molecule has 0 fully saturated rings. The zero-order valence-electron chi connectivity index (χ0n) is 16.4. The van der Waals surface area contributed by atoms with Crippen LogP contribution in [0.1, 0.15) is 21.9 Å². The summed E-state index contributed by atoms with van der Waals surface area (Å²) < 4.78 is 1.60. The summed E-state index contributed by atoms with van der Waals surface area (Å²) in [5, 5.41) is 5.27. The van der Waals surface area contributed by atoms with E-state index in [0.29, 0.717) is 22.4 Å². The number of nitrogens with zero attached hydrogens (tertiary/aromatic N) is 4. The molecule has 0 saturated heterocycles. The van der Waals surface area contributed by atoms with E-state index in [2.05, 4.69) is 25.9 Å². The topological polar surface area (TPSA) is 84.7 Å². The molecule has 0 atom stereocenters. The molecule has 0 saturated carbocycles. The van der Waals surface area contributed by atoms with Crippen LogP contribution in [0, 0.1) is 13.8 Å². The van der Waals surface area contributed by atoms with E-state index < -0.39 is 0 Å². The van der Waals surface area contributed by atoms with Gasteiger partial charge in [0.15, 0.2) is 0 Å². The summed E-state index contributed by atoms with van der Waals surface area (Å²) in [6.07, 6.45) is 0. The third kappa shape index (κ3) is 4.31. The molecule has 2 N–H and O–H groups in total. The molecule has 0 spiro atoms. The van der Waals surface area contributed by atoms with E-state index in [1.807, 2.05) is 62.4 Å². The Balaban J connectivity index is 1.66. The Bertz CT molecular complexity index is 1170. The van der Waals surface area contributed by atoms with Crippen molar-refractivity contribution in [2.45, 2.75) is 13.8 Å². The molecule has 30 heavy (non-hydrogen) atoms. The monoisotopic (exact) mass is 418 g/mol. The van der Waals surface area contributed by atoms with Crippen LogP contribution in [0.3, 0.4) is 0 Å². The van der Waals surface area contributed by atoms with E-state index in [-0.39, 0.29) is 5.91 Å². The van der Waals surface area contributed by atoms with Gasteiger partial charge in [-0.3, -0.25) is 15.6 Å². The molecule has 1 amide bonds. The SMILES string of the molecule is Cc1cc(C)nc(NNC(=O)c2cc(-c3ccc(Cl)cc3)nn2-c2ccccc2)n1. The molecule has 0 aliphatic rings. The Morgan fingerprint density at radius 2 is 1.60 bits per heavy atom. The Morgan fingerprint density at radius 1 is 0.933 bits per heavy atom. The van der Waals surface area contributed by atoms with Gasteiger partial charge in [0, 0.05) is 22.0 Å².